The van der Waals surface area contributed by atoms with E-state index in [1.54, 1.807) is 0 Å². The van der Waals surface area contributed by atoms with Gasteiger partial charge in [-0.15, -0.1) is 0 Å². The molecule has 0 rings (SSSR count). The lowest BCUT2D eigenvalue weighted by Crippen LogP contribution is -2.30. The predicted molar refractivity (Wildman–Crippen MR) is 321 cm³/mol. The molecule has 1 unspecified atom stereocenters. The van der Waals surface area contributed by atoms with Crippen LogP contribution in [0, 0.1) is 0 Å². The van der Waals surface area contributed by atoms with Crippen LogP contribution in [0.4, 0.5) is 0 Å². The first-order chi connectivity index (χ1) is 36.5. The number of esters is 3. The predicted octanol–water partition coefficient (Wildman–Crippen LogP) is 22.6. The lowest BCUT2D eigenvalue weighted by molar-refractivity contribution is -0.167. The van der Waals surface area contributed by atoms with Crippen molar-refractivity contribution in [3.63, 3.8) is 0 Å². The number of hydrogen-bond donors (Lipinski definition) is 0. The number of carbonyl (C=O) groups is 3. The van der Waals surface area contributed by atoms with Crippen LogP contribution >= 0.6 is 0 Å². The number of hydrogen-bond acceptors (Lipinski definition) is 6. The summed E-state index contributed by atoms with van der Waals surface area (Å²) < 4.78 is 16.9. The Balaban J connectivity index is 4.15. The average Bonchev–Trinajstić information content (AvgIpc) is 3.40. The van der Waals surface area contributed by atoms with E-state index in [9.17, 15) is 14.4 Å². The summed E-state index contributed by atoms with van der Waals surface area (Å²) in [5.41, 5.74) is 0. The number of allylic oxidation sites excluding steroid dienone is 4. The molecule has 6 nitrogen and oxygen atoms in total. The molecule has 0 heterocycles. The standard InChI is InChI=1S/C68H128O6/c1-4-7-10-13-16-19-22-25-27-29-30-31-32-33-34-35-36-37-38-39-40-42-43-46-49-52-55-58-61-67(70)73-64-65(63-72-66(69)60-57-54-51-48-45-24-21-18-15-12-9-6-3)74-68(71)62-59-56-53-50-47-44-41-28-26-23-20-17-14-11-8-5-2/h18,21,28,41,65H,4-17,19-20,22-27,29-40,42-64H2,1-3H3/b21-18-,41-28-. The molecule has 1 atom stereocenters. The Kier molecular flexibility index (Phi) is 61.6. The van der Waals surface area contributed by atoms with E-state index in [2.05, 4.69) is 45.1 Å². The van der Waals surface area contributed by atoms with Crippen molar-refractivity contribution in [2.24, 2.45) is 0 Å². The highest BCUT2D eigenvalue weighted by molar-refractivity contribution is 5.71. The molecule has 0 aromatic heterocycles. The summed E-state index contributed by atoms with van der Waals surface area (Å²) in [7, 11) is 0. The third-order valence-electron chi connectivity index (χ3n) is 15.2. The zero-order chi connectivity index (χ0) is 53.6. The maximum absolute atomic E-state index is 12.9. The van der Waals surface area contributed by atoms with Gasteiger partial charge < -0.3 is 14.2 Å². The second-order valence-electron chi connectivity index (χ2n) is 22.7. The number of ether oxygens (including phenoxy) is 3. The smallest absolute Gasteiger partial charge is 0.306 e. The van der Waals surface area contributed by atoms with Gasteiger partial charge in [-0.1, -0.05) is 308 Å². The largest absolute Gasteiger partial charge is 0.462 e. The highest BCUT2D eigenvalue weighted by Crippen LogP contribution is 2.18. The molecule has 0 N–H and O–H groups in total. The molecule has 0 spiro atoms. The van der Waals surface area contributed by atoms with Crippen molar-refractivity contribution in [1.82, 2.24) is 0 Å². The van der Waals surface area contributed by atoms with Crippen LogP contribution < -0.4 is 0 Å². The van der Waals surface area contributed by atoms with E-state index in [1.807, 2.05) is 0 Å². The zero-order valence-electron chi connectivity index (χ0n) is 50.1. The highest BCUT2D eigenvalue weighted by Gasteiger charge is 2.19. The zero-order valence-corrected chi connectivity index (χ0v) is 50.1. The molecule has 0 bridgehead atoms. The Morgan fingerprint density at radius 2 is 0.446 bits per heavy atom. The number of rotatable bonds is 62. The van der Waals surface area contributed by atoms with Gasteiger partial charge >= 0.3 is 17.9 Å². The summed E-state index contributed by atoms with van der Waals surface area (Å²) in [5.74, 6) is -0.866. The molecule has 74 heavy (non-hydrogen) atoms. The molecule has 0 aromatic rings. The molecule has 0 aliphatic heterocycles. The molecule has 0 fully saturated rings. The maximum atomic E-state index is 12.9. The topological polar surface area (TPSA) is 78.9 Å². The van der Waals surface area contributed by atoms with E-state index in [4.69, 9.17) is 14.2 Å². The van der Waals surface area contributed by atoms with Crippen LogP contribution in [0.15, 0.2) is 24.3 Å². The molecule has 0 saturated heterocycles. The van der Waals surface area contributed by atoms with E-state index in [-0.39, 0.29) is 31.1 Å². The van der Waals surface area contributed by atoms with E-state index in [1.165, 1.54) is 263 Å². The number of carbonyl (C=O) groups excluding carboxylic acids is 3. The summed E-state index contributed by atoms with van der Waals surface area (Å²) in [6.45, 7) is 6.66. The fourth-order valence-corrected chi connectivity index (χ4v) is 10.1. The maximum Gasteiger partial charge on any atom is 0.306 e. The van der Waals surface area contributed by atoms with Crippen molar-refractivity contribution in [1.29, 1.82) is 0 Å². The Hall–Kier alpha value is -2.11. The van der Waals surface area contributed by atoms with Crippen molar-refractivity contribution in [2.45, 2.75) is 380 Å². The van der Waals surface area contributed by atoms with Crippen LogP contribution in [0.5, 0.6) is 0 Å². The summed E-state index contributed by atoms with van der Waals surface area (Å²) in [5, 5.41) is 0. The van der Waals surface area contributed by atoms with E-state index in [0.717, 1.165) is 70.6 Å². The van der Waals surface area contributed by atoms with Crippen molar-refractivity contribution >= 4 is 17.9 Å². The highest BCUT2D eigenvalue weighted by atomic mass is 16.6. The Labute approximate surface area is 462 Å². The molecular weight excluding hydrogens is 913 g/mol. The van der Waals surface area contributed by atoms with Gasteiger partial charge in [0.2, 0.25) is 0 Å². The van der Waals surface area contributed by atoms with E-state index >= 15 is 0 Å². The molecule has 0 radical (unpaired) electrons. The van der Waals surface area contributed by atoms with Crippen LogP contribution in [0.2, 0.25) is 0 Å². The van der Waals surface area contributed by atoms with Crippen molar-refractivity contribution in [3.8, 4) is 0 Å². The van der Waals surface area contributed by atoms with Crippen molar-refractivity contribution in [2.75, 3.05) is 13.2 Å². The van der Waals surface area contributed by atoms with Gasteiger partial charge in [0, 0.05) is 19.3 Å². The van der Waals surface area contributed by atoms with Crippen LogP contribution in [0.1, 0.15) is 374 Å². The monoisotopic (exact) mass is 1040 g/mol. The lowest BCUT2D eigenvalue weighted by atomic mass is 10.0. The molecule has 6 heteroatoms. The molecule has 0 aromatic carbocycles. The van der Waals surface area contributed by atoms with Crippen molar-refractivity contribution in [3.05, 3.63) is 24.3 Å². The number of unbranched alkanes of at least 4 members (excludes halogenated alkanes) is 47. The van der Waals surface area contributed by atoms with Crippen LogP contribution in [-0.2, 0) is 28.6 Å². The molecular formula is C68H128O6. The van der Waals surface area contributed by atoms with Gasteiger partial charge in [-0.25, -0.2) is 0 Å². The first kappa shape index (κ1) is 71.9. The van der Waals surface area contributed by atoms with Gasteiger partial charge in [0.1, 0.15) is 13.2 Å². The Morgan fingerprint density at radius 3 is 0.703 bits per heavy atom. The summed E-state index contributed by atoms with van der Waals surface area (Å²) in [6, 6.07) is 0. The van der Waals surface area contributed by atoms with Gasteiger partial charge in [0.25, 0.3) is 0 Å². The quantitative estimate of drug-likeness (QED) is 0.0261. The van der Waals surface area contributed by atoms with Gasteiger partial charge in [-0.2, -0.15) is 0 Å². The van der Waals surface area contributed by atoms with Crippen LogP contribution in [0.25, 0.3) is 0 Å². The minimum atomic E-state index is -0.776. The fraction of sp³-hybridized carbons (Fsp3) is 0.897. The fourth-order valence-electron chi connectivity index (χ4n) is 10.1. The van der Waals surface area contributed by atoms with Gasteiger partial charge in [0.15, 0.2) is 6.10 Å². The summed E-state index contributed by atoms with van der Waals surface area (Å²) >= 11 is 0. The Morgan fingerprint density at radius 1 is 0.257 bits per heavy atom. The average molecular weight is 1040 g/mol. The Bertz CT molecular complexity index is 1190. The van der Waals surface area contributed by atoms with Gasteiger partial charge in [-0.05, 0) is 70.6 Å². The second-order valence-corrected chi connectivity index (χ2v) is 22.7. The molecule has 0 aliphatic rings. The second kappa shape index (κ2) is 63.4. The minimum absolute atomic E-state index is 0.0725. The minimum Gasteiger partial charge on any atom is -0.462 e. The van der Waals surface area contributed by atoms with E-state index in [0.29, 0.717) is 19.3 Å². The first-order valence-electron chi connectivity index (χ1n) is 33.3. The molecule has 436 valence electrons. The SMILES string of the molecule is CCCCC/C=C\CCCCCCCC(=O)OCC(COC(=O)CCCCCCCCCCCCCCCCCCCCCCCCCCCCCC)OC(=O)CCCCCCC/C=C\CCCCCCCCC. The molecule has 0 amide bonds. The third-order valence-corrected chi connectivity index (χ3v) is 15.2. The summed E-state index contributed by atoms with van der Waals surface area (Å²) in [4.78, 5) is 38.2. The first-order valence-corrected chi connectivity index (χ1v) is 33.3. The van der Waals surface area contributed by atoms with Gasteiger partial charge in [-0.3, -0.25) is 14.4 Å². The van der Waals surface area contributed by atoms with Crippen LogP contribution in [0.3, 0.4) is 0 Å². The normalized spacial score (nSPS) is 12.1. The molecule has 0 aliphatic carbocycles. The third kappa shape index (κ3) is 60.8. The summed E-state index contributed by atoms with van der Waals surface area (Å²) in [6.07, 6.45) is 76.4. The molecule has 0 saturated carbocycles. The van der Waals surface area contributed by atoms with Crippen molar-refractivity contribution < 1.29 is 28.6 Å². The lowest BCUT2D eigenvalue weighted by Gasteiger charge is -2.18. The van der Waals surface area contributed by atoms with E-state index < -0.39 is 6.10 Å². The van der Waals surface area contributed by atoms with Gasteiger partial charge in [0.05, 0.1) is 0 Å². The van der Waals surface area contributed by atoms with Crippen LogP contribution in [-0.4, -0.2) is 37.2 Å².